The van der Waals surface area contributed by atoms with Gasteiger partial charge in [0.2, 0.25) is 0 Å². The summed E-state index contributed by atoms with van der Waals surface area (Å²) in [6, 6.07) is 6.89. The molecule has 2 rings (SSSR count). The number of halogens is 1. The van der Waals surface area contributed by atoms with Crippen LogP contribution in [0.25, 0.3) is 0 Å². The Labute approximate surface area is 127 Å². The molecule has 0 amide bonds. The predicted octanol–water partition coefficient (Wildman–Crippen LogP) is 3.23. The summed E-state index contributed by atoms with van der Waals surface area (Å²) in [5.41, 5.74) is 8.28. The summed E-state index contributed by atoms with van der Waals surface area (Å²) in [6.45, 7) is 5.07. The lowest BCUT2D eigenvalue weighted by Crippen LogP contribution is -2.36. The van der Waals surface area contributed by atoms with Crippen molar-refractivity contribution in [1.82, 2.24) is 0 Å². The van der Waals surface area contributed by atoms with E-state index in [9.17, 15) is 0 Å². The van der Waals surface area contributed by atoms with Crippen LogP contribution in [0, 0.1) is 0 Å². The molecule has 3 atom stereocenters. The van der Waals surface area contributed by atoms with Gasteiger partial charge in [-0.25, -0.2) is 0 Å². The van der Waals surface area contributed by atoms with Gasteiger partial charge < -0.3 is 15.4 Å². The normalized spacial score (nSPS) is 23.9. The summed E-state index contributed by atoms with van der Waals surface area (Å²) in [6.07, 6.45) is 3.14. The number of likely N-dealkylation sites (N-methyl/N-ethyl adjacent to an activating group) is 1. The van der Waals surface area contributed by atoms with Gasteiger partial charge in [0.25, 0.3) is 0 Å². The third-order valence-corrected chi connectivity index (χ3v) is 4.64. The third kappa shape index (κ3) is 3.46. The average molecular weight is 297 g/mol. The molecule has 0 saturated carbocycles. The van der Waals surface area contributed by atoms with Crippen LogP contribution in [0.5, 0.6) is 0 Å². The zero-order chi connectivity index (χ0) is 14.7. The zero-order valence-corrected chi connectivity index (χ0v) is 13.4. The summed E-state index contributed by atoms with van der Waals surface area (Å²) < 4.78 is 5.64. The van der Waals surface area contributed by atoms with Gasteiger partial charge in [-0.05, 0) is 43.9 Å². The Hall–Kier alpha value is -0.770. The fraction of sp³-hybridized carbons (Fsp3) is 0.625. The van der Waals surface area contributed by atoms with Crippen molar-refractivity contribution in [3.05, 3.63) is 28.8 Å². The molecule has 3 nitrogen and oxygen atoms in total. The van der Waals surface area contributed by atoms with Crippen LogP contribution in [-0.2, 0) is 11.2 Å². The largest absolute Gasteiger partial charge is 0.376 e. The van der Waals surface area contributed by atoms with E-state index in [1.165, 1.54) is 0 Å². The number of hydrogen-bond acceptors (Lipinski definition) is 3. The topological polar surface area (TPSA) is 38.5 Å². The van der Waals surface area contributed by atoms with Crippen molar-refractivity contribution in [2.24, 2.45) is 5.73 Å². The minimum Gasteiger partial charge on any atom is -0.376 e. The van der Waals surface area contributed by atoms with Gasteiger partial charge in [-0.3, -0.25) is 0 Å². The average Bonchev–Trinajstić information content (AvgIpc) is 2.86. The molecule has 1 aliphatic heterocycles. The van der Waals surface area contributed by atoms with Gasteiger partial charge in [-0.15, -0.1) is 0 Å². The van der Waals surface area contributed by atoms with Crippen LogP contribution in [0.4, 0.5) is 5.69 Å². The van der Waals surface area contributed by atoms with Crippen LogP contribution < -0.4 is 10.6 Å². The van der Waals surface area contributed by atoms with E-state index in [0.29, 0.717) is 6.04 Å². The molecular formula is C16H25ClN2O. The predicted molar refractivity (Wildman–Crippen MR) is 85.6 cm³/mol. The van der Waals surface area contributed by atoms with Gasteiger partial charge in [0.15, 0.2) is 0 Å². The Morgan fingerprint density at radius 3 is 2.80 bits per heavy atom. The maximum Gasteiger partial charge on any atom is 0.0750 e. The lowest BCUT2D eigenvalue weighted by molar-refractivity contribution is 0.118. The molecule has 2 N–H and O–H groups in total. The highest BCUT2D eigenvalue weighted by Crippen LogP contribution is 2.28. The summed E-state index contributed by atoms with van der Waals surface area (Å²) in [5.74, 6) is 0. The van der Waals surface area contributed by atoms with Crippen molar-refractivity contribution >= 4 is 17.3 Å². The molecule has 1 heterocycles. The molecular weight excluding hydrogens is 272 g/mol. The first kappa shape index (κ1) is 15.6. The monoisotopic (exact) mass is 296 g/mol. The van der Waals surface area contributed by atoms with Gasteiger partial charge in [-0.1, -0.05) is 24.6 Å². The smallest absolute Gasteiger partial charge is 0.0750 e. The van der Waals surface area contributed by atoms with E-state index in [-0.39, 0.29) is 12.1 Å². The first-order valence-electron chi connectivity index (χ1n) is 7.41. The van der Waals surface area contributed by atoms with Gasteiger partial charge in [0.1, 0.15) is 0 Å². The second-order valence-corrected chi connectivity index (χ2v) is 6.10. The minimum atomic E-state index is 0.180. The zero-order valence-electron chi connectivity index (χ0n) is 12.6. The number of nitrogens with two attached hydrogens (primary N) is 1. The molecule has 1 aliphatic rings. The van der Waals surface area contributed by atoms with E-state index in [2.05, 4.69) is 37.9 Å². The van der Waals surface area contributed by atoms with Gasteiger partial charge >= 0.3 is 0 Å². The van der Waals surface area contributed by atoms with Crippen LogP contribution in [0.15, 0.2) is 18.2 Å². The molecule has 1 saturated heterocycles. The molecule has 3 unspecified atom stereocenters. The maximum atomic E-state index is 6.40. The molecule has 0 spiro atoms. The maximum absolute atomic E-state index is 6.40. The first-order chi connectivity index (χ1) is 9.52. The first-order valence-corrected chi connectivity index (χ1v) is 7.79. The summed E-state index contributed by atoms with van der Waals surface area (Å²) in [4.78, 5) is 2.27. The quantitative estimate of drug-likeness (QED) is 0.906. The number of benzene rings is 1. The van der Waals surface area contributed by atoms with E-state index in [0.717, 1.165) is 42.1 Å². The van der Waals surface area contributed by atoms with Crippen molar-refractivity contribution in [2.45, 2.75) is 51.3 Å². The Bertz CT molecular complexity index is 452. The molecule has 1 aromatic rings. The Morgan fingerprint density at radius 2 is 2.25 bits per heavy atom. The standard InChI is InChI=1S/C16H25ClN2O/c1-4-13(18)9-12-5-6-14(10-15(12)17)19(3)16-7-8-20-11(16)2/h5-6,10-11,13,16H,4,7-9,18H2,1-3H3. The molecule has 1 fully saturated rings. The minimum absolute atomic E-state index is 0.180. The fourth-order valence-corrected chi connectivity index (χ4v) is 3.02. The number of hydrogen-bond donors (Lipinski definition) is 1. The van der Waals surface area contributed by atoms with Crippen LogP contribution in [0.1, 0.15) is 32.3 Å². The van der Waals surface area contributed by atoms with Crippen LogP contribution in [0.3, 0.4) is 0 Å². The number of nitrogens with zero attached hydrogens (tertiary/aromatic N) is 1. The molecule has 0 aromatic heterocycles. The van der Waals surface area contributed by atoms with E-state index < -0.39 is 0 Å². The fourth-order valence-electron chi connectivity index (χ4n) is 2.77. The van der Waals surface area contributed by atoms with Crippen molar-refractivity contribution in [3.63, 3.8) is 0 Å². The van der Waals surface area contributed by atoms with Crippen LogP contribution >= 0.6 is 11.6 Å². The van der Waals surface area contributed by atoms with Gasteiger partial charge in [0, 0.05) is 30.4 Å². The second-order valence-electron chi connectivity index (χ2n) is 5.69. The molecule has 0 radical (unpaired) electrons. The lowest BCUT2D eigenvalue weighted by Gasteiger charge is -2.29. The van der Waals surface area contributed by atoms with Crippen molar-refractivity contribution in [2.75, 3.05) is 18.6 Å². The highest BCUT2D eigenvalue weighted by atomic mass is 35.5. The Kier molecular flexibility index (Phi) is 5.30. The summed E-state index contributed by atoms with van der Waals surface area (Å²) in [5, 5.41) is 0.810. The Morgan fingerprint density at radius 1 is 1.50 bits per heavy atom. The second kappa shape index (κ2) is 6.79. The van der Waals surface area contributed by atoms with Crippen molar-refractivity contribution in [1.29, 1.82) is 0 Å². The van der Waals surface area contributed by atoms with Crippen molar-refractivity contribution in [3.8, 4) is 0 Å². The van der Waals surface area contributed by atoms with Crippen molar-refractivity contribution < 1.29 is 4.74 Å². The molecule has 4 heteroatoms. The molecule has 112 valence electrons. The van der Waals surface area contributed by atoms with Gasteiger partial charge in [0.05, 0.1) is 12.1 Å². The van der Waals surface area contributed by atoms with Crippen LogP contribution in [0.2, 0.25) is 5.02 Å². The molecule has 20 heavy (non-hydrogen) atoms. The summed E-state index contributed by atoms with van der Waals surface area (Å²) >= 11 is 6.40. The summed E-state index contributed by atoms with van der Waals surface area (Å²) in [7, 11) is 2.11. The molecule has 0 bridgehead atoms. The molecule has 1 aromatic carbocycles. The number of rotatable bonds is 5. The van der Waals surface area contributed by atoms with E-state index >= 15 is 0 Å². The third-order valence-electron chi connectivity index (χ3n) is 4.28. The SMILES string of the molecule is CCC(N)Cc1ccc(N(C)C2CCOC2C)cc1Cl. The highest BCUT2D eigenvalue weighted by Gasteiger charge is 2.28. The van der Waals surface area contributed by atoms with Gasteiger partial charge in [-0.2, -0.15) is 0 Å². The highest BCUT2D eigenvalue weighted by molar-refractivity contribution is 6.31. The number of anilines is 1. The molecule has 0 aliphatic carbocycles. The van der Waals surface area contributed by atoms with E-state index in [1.807, 2.05) is 6.07 Å². The number of ether oxygens (including phenoxy) is 1. The van der Waals surface area contributed by atoms with Crippen LogP contribution in [-0.4, -0.2) is 31.8 Å². The van der Waals surface area contributed by atoms with E-state index in [4.69, 9.17) is 22.1 Å². The Balaban J connectivity index is 2.12. The van der Waals surface area contributed by atoms with E-state index in [1.54, 1.807) is 0 Å². The lowest BCUT2D eigenvalue weighted by atomic mass is 10.0.